The zero-order chi connectivity index (χ0) is 29.2. The fourth-order valence-electron chi connectivity index (χ4n) is 6.77. The number of carbonyl (C=O) groups excluding carboxylic acids is 2. The highest BCUT2D eigenvalue weighted by Gasteiger charge is 2.72. The molecule has 218 valence electrons. The second-order valence-electron chi connectivity index (χ2n) is 12.0. The molecule has 4 aliphatic rings. The van der Waals surface area contributed by atoms with Crippen molar-refractivity contribution in [2.24, 2.45) is 0 Å². The van der Waals surface area contributed by atoms with Crippen LogP contribution < -0.4 is 14.8 Å². The summed E-state index contributed by atoms with van der Waals surface area (Å²) in [5.74, 6) is -0.0524. The minimum atomic E-state index is -1.42. The molecular formula is C28H37N3O9. The summed E-state index contributed by atoms with van der Waals surface area (Å²) >= 11 is 0. The van der Waals surface area contributed by atoms with E-state index < -0.39 is 53.5 Å². The monoisotopic (exact) mass is 559 g/mol. The van der Waals surface area contributed by atoms with Crippen LogP contribution in [-0.2, 0) is 26.1 Å². The molecule has 5 rings (SSSR count). The summed E-state index contributed by atoms with van der Waals surface area (Å²) in [6.07, 6.45) is 0.563. The van der Waals surface area contributed by atoms with Crippen molar-refractivity contribution in [2.45, 2.75) is 74.8 Å². The van der Waals surface area contributed by atoms with Crippen LogP contribution in [0.25, 0.3) is 0 Å². The van der Waals surface area contributed by atoms with E-state index in [1.807, 2.05) is 19.2 Å². The number of hydrogen-bond donors (Lipinski definition) is 3. The van der Waals surface area contributed by atoms with E-state index in [2.05, 4.69) is 10.2 Å². The topological polar surface area (TPSA) is 147 Å². The summed E-state index contributed by atoms with van der Waals surface area (Å²) in [4.78, 5) is 40.4. The number of aliphatic carboxylic acids is 1. The number of ether oxygens (including phenoxy) is 4. The van der Waals surface area contributed by atoms with Gasteiger partial charge in [-0.15, -0.1) is 0 Å². The fourth-order valence-corrected chi connectivity index (χ4v) is 6.77. The molecule has 40 heavy (non-hydrogen) atoms. The third-order valence-electron chi connectivity index (χ3n) is 8.64. The number of alkyl carbamates (subject to hydrolysis) is 1. The van der Waals surface area contributed by atoms with Crippen LogP contribution in [0, 0.1) is 0 Å². The second-order valence-corrected chi connectivity index (χ2v) is 12.0. The molecule has 2 aliphatic carbocycles. The lowest BCUT2D eigenvalue weighted by atomic mass is 9.50. The number of benzene rings is 1. The fraction of sp³-hybridized carbons (Fsp3) is 0.607. The first-order valence-corrected chi connectivity index (χ1v) is 13.4. The zero-order valence-corrected chi connectivity index (χ0v) is 23.6. The largest absolute Gasteiger partial charge is 0.493 e. The number of likely N-dealkylation sites (tertiary alicyclic amines) is 1. The van der Waals surface area contributed by atoms with Crippen molar-refractivity contribution < 1.29 is 43.5 Å². The van der Waals surface area contributed by atoms with Crippen LogP contribution in [0.15, 0.2) is 24.0 Å². The third-order valence-corrected chi connectivity index (χ3v) is 8.64. The highest BCUT2D eigenvalue weighted by Crippen LogP contribution is 2.65. The van der Waals surface area contributed by atoms with Gasteiger partial charge in [0.15, 0.2) is 17.6 Å². The molecular weight excluding hydrogens is 522 g/mol. The summed E-state index contributed by atoms with van der Waals surface area (Å²) in [7, 11) is 4.84. The Hall–Kier alpha value is -3.51. The lowest BCUT2D eigenvalue weighted by molar-refractivity contribution is -0.163. The van der Waals surface area contributed by atoms with Gasteiger partial charge in [-0.2, -0.15) is 0 Å². The second kappa shape index (κ2) is 9.55. The van der Waals surface area contributed by atoms with Crippen molar-refractivity contribution in [3.05, 3.63) is 35.1 Å². The molecule has 0 saturated carbocycles. The van der Waals surface area contributed by atoms with E-state index in [-0.39, 0.29) is 18.2 Å². The average molecular weight is 560 g/mol. The highest BCUT2D eigenvalue weighted by molar-refractivity contribution is 5.81. The number of nitrogens with zero attached hydrogens (tertiary/aromatic N) is 2. The van der Waals surface area contributed by atoms with Gasteiger partial charge in [-0.25, -0.2) is 14.4 Å². The summed E-state index contributed by atoms with van der Waals surface area (Å²) in [5.41, 5.74) is -0.852. The van der Waals surface area contributed by atoms with Gasteiger partial charge < -0.3 is 39.4 Å². The van der Waals surface area contributed by atoms with Gasteiger partial charge >= 0.3 is 18.2 Å². The minimum absolute atomic E-state index is 0.161. The van der Waals surface area contributed by atoms with Crippen LogP contribution in [0.4, 0.5) is 9.59 Å². The third kappa shape index (κ3) is 4.15. The maximum Gasteiger partial charge on any atom is 0.415 e. The van der Waals surface area contributed by atoms with Gasteiger partial charge in [0.2, 0.25) is 0 Å². The first-order valence-electron chi connectivity index (χ1n) is 13.4. The predicted molar refractivity (Wildman–Crippen MR) is 141 cm³/mol. The van der Waals surface area contributed by atoms with Gasteiger partial charge in [-0.3, -0.25) is 4.90 Å². The Bertz CT molecular complexity index is 1270. The lowest BCUT2D eigenvalue weighted by Gasteiger charge is -2.61. The molecule has 1 saturated heterocycles. The average Bonchev–Trinajstić information content (AvgIpc) is 3.22. The van der Waals surface area contributed by atoms with Gasteiger partial charge in [0, 0.05) is 25.1 Å². The number of methoxy groups -OCH3 is 1. The maximum atomic E-state index is 13.3. The predicted octanol–water partition coefficient (Wildman–Crippen LogP) is 2.02. The van der Waals surface area contributed by atoms with E-state index in [1.165, 1.54) is 7.05 Å². The summed E-state index contributed by atoms with van der Waals surface area (Å²) < 4.78 is 23.0. The number of carboxylic acid groups (broad SMARTS) is 1. The number of likely N-dealkylation sites (N-methyl/N-ethyl adjacent to an activating group) is 2. The van der Waals surface area contributed by atoms with Crippen molar-refractivity contribution in [1.82, 2.24) is 15.1 Å². The Balaban J connectivity index is 1.41. The number of hydrogen-bond acceptors (Lipinski definition) is 9. The normalized spacial score (nSPS) is 28.8. The molecule has 5 atom stereocenters. The van der Waals surface area contributed by atoms with Gasteiger partial charge in [-0.05, 0) is 64.9 Å². The van der Waals surface area contributed by atoms with Crippen molar-refractivity contribution in [1.29, 1.82) is 0 Å². The number of amides is 2. The van der Waals surface area contributed by atoms with Crippen LogP contribution in [-0.4, -0.2) is 102 Å². The molecule has 2 amide bonds. The van der Waals surface area contributed by atoms with Crippen molar-refractivity contribution >= 4 is 18.2 Å². The Morgan fingerprint density at radius 1 is 1.30 bits per heavy atom. The molecule has 0 radical (unpaired) electrons. The minimum Gasteiger partial charge on any atom is -0.493 e. The lowest BCUT2D eigenvalue weighted by Crippen LogP contribution is -2.74. The van der Waals surface area contributed by atoms with Crippen molar-refractivity contribution in [3.63, 3.8) is 0 Å². The number of rotatable bonds is 6. The van der Waals surface area contributed by atoms with Crippen LogP contribution in [0.3, 0.4) is 0 Å². The molecule has 1 fully saturated rings. The van der Waals surface area contributed by atoms with Gasteiger partial charge in [-0.1, -0.05) is 6.07 Å². The standard InChI is InChI=1S/C28H37N3O9/c1-26(2,3)40-24(34)29-14-16(23(32)33)31(5)25(35)38-18-9-10-28(36)19-13-15-7-8-17(37-6)21-20(15)27(28,22(18)39-21)11-12-30(19)4/h7-9,16,19,22,36H,10-14H2,1-6H3,(H,29,34)(H,32,33)/t16-,19?,22-,27-,28+/m0/s1. The van der Waals surface area contributed by atoms with Crippen LogP contribution in [0.2, 0.25) is 0 Å². The van der Waals surface area contributed by atoms with Crippen LogP contribution in [0.5, 0.6) is 11.5 Å². The zero-order valence-electron chi connectivity index (χ0n) is 23.6. The maximum absolute atomic E-state index is 13.3. The quantitative estimate of drug-likeness (QED) is 0.473. The van der Waals surface area contributed by atoms with E-state index >= 15 is 0 Å². The number of nitrogens with one attached hydrogen (secondary N) is 1. The van der Waals surface area contributed by atoms with Crippen molar-refractivity contribution in [2.75, 3.05) is 34.3 Å². The molecule has 0 aromatic heterocycles. The van der Waals surface area contributed by atoms with E-state index in [0.29, 0.717) is 30.9 Å². The molecule has 1 unspecified atom stereocenters. The molecule has 1 spiro atoms. The Kier molecular flexibility index (Phi) is 6.69. The summed E-state index contributed by atoms with van der Waals surface area (Å²) in [6, 6.07) is 2.27. The number of piperidine rings is 1. The molecule has 1 aromatic rings. The molecule has 2 heterocycles. The molecule has 2 aliphatic heterocycles. The van der Waals surface area contributed by atoms with Gasteiger partial charge in [0.25, 0.3) is 0 Å². The van der Waals surface area contributed by atoms with Crippen LogP contribution in [0.1, 0.15) is 44.7 Å². The molecule has 12 nitrogen and oxygen atoms in total. The Labute approximate surface area is 232 Å². The van der Waals surface area contributed by atoms with E-state index in [9.17, 15) is 24.6 Å². The smallest absolute Gasteiger partial charge is 0.415 e. The number of carboxylic acids is 1. The van der Waals surface area contributed by atoms with Crippen LogP contribution >= 0.6 is 0 Å². The van der Waals surface area contributed by atoms with E-state index in [0.717, 1.165) is 16.0 Å². The first kappa shape index (κ1) is 28.0. The molecule has 2 bridgehead atoms. The molecule has 12 heteroatoms. The van der Waals surface area contributed by atoms with E-state index in [1.54, 1.807) is 34.0 Å². The SMILES string of the molecule is COc1ccc2c3c1O[C@H]1C(OC(=O)N(C)[C@@H](CNC(=O)OC(C)(C)C)C(=O)O)=CC[C@@]4(O)C(C2)N(C)CC[C@]314. The van der Waals surface area contributed by atoms with Gasteiger partial charge in [0.05, 0.1) is 24.7 Å². The van der Waals surface area contributed by atoms with E-state index in [4.69, 9.17) is 18.9 Å². The summed E-state index contributed by atoms with van der Waals surface area (Å²) in [6.45, 7) is 5.37. The van der Waals surface area contributed by atoms with Crippen molar-refractivity contribution in [3.8, 4) is 11.5 Å². The summed E-state index contributed by atoms with van der Waals surface area (Å²) in [5, 5.41) is 24.5. The first-order chi connectivity index (χ1) is 18.7. The number of aliphatic hydroxyl groups is 1. The number of carbonyl (C=O) groups is 3. The Morgan fingerprint density at radius 2 is 2.02 bits per heavy atom. The highest BCUT2D eigenvalue weighted by atomic mass is 16.6. The molecule has 1 aromatic carbocycles. The van der Waals surface area contributed by atoms with Gasteiger partial charge in [0.1, 0.15) is 17.4 Å². The molecule has 3 N–H and O–H groups in total. The Morgan fingerprint density at radius 3 is 2.67 bits per heavy atom.